The second kappa shape index (κ2) is 3.21. The number of hydrogen-bond donors (Lipinski definition) is 2. The summed E-state index contributed by atoms with van der Waals surface area (Å²) in [6, 6.07) is 0. The lowest BCUT2D eigenvalue weighted by Gasteiger charge is -1.94. The molecule has 0 rings (SSSR count). The number of nitrogens with one attached hydrogen (secondary N) is 1. The van der Waals surface area contributed by atoms with Crippen molar-refractivity contribution >= 4 is 5.97 Å². The molecule has 0 aliphatic carbocycles. The van der Waals surface area contributed by atoms with Crippen molar-refractivity contribution in [2.45, 2.75) is 0 Å². The SMILES string of the molecule is C=C(CNC)C(=O)O. The molecule has 2 N–H and O–H groups in total. The van der Waals surface area contributed by atoms with Crippen molar-refractivity contribution in [3.8, 4) is 0 Å². The molecule has 0 aromatic rings. The van der Waals surface area contributed by atoms with Gasteiger partial charge in [-0.25, -0.2) is 4.79 Å². The van der Waals surface area contributed by atoms with Crippen molar-refractivity contribution in [1.82, 2.24) is 5.32 Å². The van der Waals surface area contributed by atoms with Crippen molar-refractivity contribution in [3.63, 3.8) is 0 Å². The molecule has 0 saturated heterocycles. The highest BCUT2D eigenvalue weighted by Gasteiger charge is 1.98. The molecule has 0 atom stereocenters. The van der Waals surface area contributed by atoms with Crippen molar-refractivity contribution in [3.05, 3.63) is 12.2 Å². The minimum Gasteiger partial charge on any atom is -0.478 e. The van der Waals surface area contributed by atoms with Gasteiger partial charge < -0.3 is 10.4 Å². The van der Waals surface area contributed by atoms with Crippen molar-refractivity contribution < 1.29 is 9.90 Å². The van der Waals surface area contributed by atoms with Crippen LogP contribution in [0.5, 0.6) is 0 Å². The number of carboxylic acids is 1. The van der Waals surface area contributed by atoms with E-state index in [0.717, 1.165) is 0 Å². The van der Waals surface area contributed by atoms with Crippen LogP contribution in [0, 0.1) is 0 Å². The zero-order chi connectivity index (χ0) is 6.57. The lowest BCUT2D eigenvalue weighted by atomic mass is 10.3. The Morgan fingerprint density at radius 1 is 1.88 bits per heavy atom. The number of rotatable bonds is 3. The number of hydrogen-bond acceptors (Lipinski definition) is 2. The molecule has 0 radical (unpaired) electrons. The molecule has 0 saturated carbocycles. The molecule has 8 heavy (non-hydrogen) atoms. The second-order valence-electron chi connectivity index (χ2n) is 1.44. The van der Waals surface area contributed by atoms with Gasteiger partial charge in [0, 0.05) is 12.1 Å². The maximum atomic E-state index is 9.95. The fourth-order valence-corrected chi connectivity index (χ4v) is 0.289. The molecule has 3 heteroatoms. The fourth-order valence-electron chi connectivity index (χ4n) is 0.289. The first-order valence-electron chi connectivity index (χ1n) is 2.24. The highest BCUT2D eigenvalue weighted by Crippen LogP contribution is 1.83. The lowest BCUT2D eigenvalue weighted by molar-refractivity contribution is -0.132. The van der Waals surface area contributed by atoms with Crippen LogP contribution in [-0.4, -0.2) is 24.7 Å². The molecule has 0 fully saturated rings. The zero-order valence-electron chi connectivity index (χ0n) is 4.77. The van der Waals surface area contributed by atoms with Gasteiger partial charge in [-0.1, -0.05) is 6.58 Å². The van der Waals surface area contributed by atoms with Crippen LogP contribution in [0.2, 0.25) is 0 Å². The van der Waals surface area contributed by atoms with E-state index in [1.54, 1.807) is 7.05 Å². The largest absolute Gasteiger partial charge is 0.478 e. The number of aliphatic carboxylic acids is 1. The van der Waals surface area contributed by atoms with Gasteiger partial charge in [-0.05, 0) is 7.05 Å². The van der Waals surface area contributed by atoms with Gasteiger partial charge in [0.15, 0.2) is 0 Å². The van der Waals surface area contributed by atoms with Crippen molar-refractivity contribution in [2.24, 2.45) is 0 Å². The molecule has 0 spiro atoms. The molecular formula is C5H9NO2. The van der Waals surface area contributed by atoms with Gasteiger partial charge in [-0.15, -0.1) is 0 Å². The van der Waals surface area contributed by atoms with E-state index in [0.29, 0.717) is 6.54 Å². The quantitative estimate of drug-likeness (QED) is 0.503. The minimum atomic E-state index is -0.945. The summed E-state index contributed by atoms with van der Waals surface area (Å²) < 4.78 is 0. The molecule has 0 unspecified atom stereocenters. The summed E-state index contributed by atoms with van der Waals surface area (Å²) in [7, 11) is 1.67. The molecular weight excluding hydrogens is 106 g/mol. The predicted molar refractivity (Wildman–Crippen MR) is 30.7 cm³/mol. The minimum absolute atomic E-state index is 0.188. The first-order valence-corrected chi connectivity index (χ1v) is 2.24. The normalized spacial score (nSPS) is 8.62. The zero-order valence-corrected chi connectivity index (χ0v) is 4.77. The Bertz CT molecular complexity index is 109. The summed E-state index contributed by atoms with van der Waals surface area (Å²) >= 11 is 0. The van der Waals surface area contributed by atoms with Crippen LogP contribution in [-0.2, 0) is 4.79 Å². The third-order valence-electron chi connectivity index (χ3n) is 0.693. The third-order valence-corrected chi connectivity index (χ3v) is 0.693. The van der Waals surface area contributed by atoms with Crippen LogP contribution in [0.4, 0.5) is 0 Å². The summed E-state index contributed by atoms with van der Waals surface area (Å²) in [5.74, 6) is -0.945. The van der Waals surface area contributed by atoms with E-state index in [1.807, 2.05) is 0 Å². The summed E-state index contributed by atoms with van der Waals surface area (Å²) in [4.78, 5) is 9.95. The summed E-state index contributed by atoms with van der Waals surface area (Å²) in [5, 5.41) is 10.8. The van der Waals surface area contributed by atoms with Crippen molar-refractivity contribution in [1.29, 1.82) is 0 Å². The molecule has 0 aliphatic rings. The van der Waals surface area contributed by atoms with Crippen LogP contribution >= 0.6 is 0 Å². The fraction of sp³-hybridized carbons (Fsp3) is 0.400. The van der Waals surface area contributed by atoms with E-state index in [2.05, 4.69) is 11.9 Å². The highest BCUT2D eigenvalue weighted by molar-refractivity contribution is 5.86. The van der Waals surface area contributed by atoms with Crippen LogP contribution in [0.3, 0.4) is 0 Å². The molecule has 0 bridgehead atoms. The van der Waals surface area contributed by atoms with Gasteiger partial charge >= 0.3 is 5.97 Å². The monoisotopic (exact) mass is 115 g/mol. The number of carboxylic acid groups (broad SMARTS) is 1. The van der Waals surface area contributed by atoms with Crippen LogP contribution in [0.15, 0.2) is 12.2 Å². The molecule has 0 aromatic heterocycles. The Balaban J connectivity index is 3.49. The van der Waals surface area contributed by atoms with Gasteiger partial charge in [0.1, 0.15) is 0 Å². The van der Waals surface area contributed by atoms with E-state index >= 15 is 0 Å². The number of likely N-dealkylation sites (N-methyl/N-ethyl adjacent to an activating group) is 1. The van der Waals surface area contributed by atoms with E-state index in [4.69, 9.17) is 5.11 Å². The van der Waals surface area contributed by atoms with Crippen LogP contribution < -0.4 is 5.32 Å². The van der Waals surface area contributed by atoms with Gasteiger partial charge in [-0.3, -0.25) is 0 Å². The maximum absolute atomic E-state index is 9.95. The average Bonchev–Trinajstić information content (AvgIpc) is 1.67. The van der Waals surface area contributed by atoms with Crippen LogP contribution in [0.25, 0.3) is 0 Å². The van der Waals surface area contributed by atoms with Gasteiger partial charge in [0.25, 0.3) is 0 Å². The molecule has 0 aromatic carbocycles. The van der Waals surface area contributed by atoms with E-state index in [-0.39, 0.29) is 5.57 Å². The molecule has 0 amide bonds. The van der Waals surface area contributed by atoms with E-state index in [9.17, 15) is 4.79 Å². The smallest absolute Gasteiger partial charge is 0.332 e. The predicted octanol–water partition coefficient (Wildman–Crippen LogP) is -0.153. The van der Waals surface area contributed by atoms with Gasteiger partial charge in [-0.2, -0.15) is 0 Å². The Labute approximate surface area is 48.0 Å². The first kappa shape index (κ1) is 7.17. The van der Waals surface area contributed by atoms with Crippen molar-refractivity contribution in [2.75, 3.05) is 13.6 Å². The Hall–Kier alpha value is -0.830. The second-order valence-corrected chi connectivity index (χ2v) is 1.44. The Morgan fingerprint density at radius 2 is 2.38 bits per heavy atom. The summed E-state index contributed by atoms with van der Waals surface area (Å²) in [6.45, 7) is 3.62. The molecule has 0 aliphatic heterocycles. The standard InChI is InChI=1S/C5H9NO2/c1-4(3-6-2)5(7)8/h6H,1,3H2,2H3,(H,7,8). The maximum Gasteiger partial charge on any atom is 0.332 e. The van der Waals surface area contributed by atoms with E-state index < -0.39 is 5.97 Å². The van der Waals surface area contributed by atoms with Crippen LogP contribution in [0.1, 0.15) is 0 Å². The Morgan fingerprint density at radius 3 is 2.50 bits per heavy atom. The average molecular weight is 115 g/mol. The topological polar surface area (TPSA) is 49.3 Å². The molecule has 3 nitrogen and oxygen atoms in total. The Kier molecular flexibility index (Phi) is 2.88. The third kappa shape index (κ3) is 2.36. The highest BCUT2D eigenvalue weighted by atomic mass is 16.4. The first-order chi connectivity index (χ1) is 3.68. The van der Waals surface area contributed by atoms with Gasteiger partial charge in [0.05, 0.1) is 0 Å². The molecule has 46 valence electrons. The lowest BCUT2D eigenvalue weighted by Crippen LogP contribution is -2.15. The van der Waals surface area contributed by atoms with E-state index in [1.165, 1.54) is 0 Å². The summed E-state index contributed by atoms with van der Waals surface area (Å²) in [5.41, 5.74) is 0.188. The summed E-state index contributed by atoms with van der Waals surface area (Å²) in [6.07, 6.45) is 0. The molecule has 0 heterocycles. The van der Waals surface area contributed by atoms with Gasteiger partial charge in [0.2, 0.25) is 0 Å². The number of carbonyl (C=O) groups is 1.